The summed E-state index contributed by atoms with van der Waals surface area (Å²) in [6.45, 7) is -3.25. The van der Waals surface area contributed by atoms with Crippen molar-refractivity contribution in [2.45, 2.75) is 24.6 Å². The van der Waals surface area contributed by atoms with Crippen LogP contribution in [0, 0.1) is 5.82 Å². The van der Waals surface area contributed by atoms with Gasteiger partial charge in [-0.1, -0.05) is 18.2 Å². The summed E-state index contributed by atoms with van der Waals surface area (Å²) in [5, 5.41) is 17.4. The molecule has 0 saturated carbocycles. The smallest absolute Gasteiger partial charge is 0.383 e. The number of hydrogen-bond acceptors (Lipinski definition) is 5. The molecule has 1 heterocycles. The zero-order chi connectivity index (χ0) is 29.1. The lowest BCUT2D eigenvalue weighted by molar-refractivity contribution is -0.254. The van der Waals surface area contributed by atoms with Gasteiger partial charge in [-0.2, -0.15) is 18.3 Å². The lowest BCUT2D eigenvalue weighted by atomic mass is 9.99. The van der Waals surface area contributed by atoms with E-state index in [0.29, 0.717) is 12.1 Å². The van der Waals surface area contributed by atoms with Gasteiger partial charge in [0.2, 0.25) is 0 Å². The quantitative estimate of drug-likeness (QED) is 0.293. The van der Waals surface area contributed by atoms with Gasteiger partial charge in [0.05, 0.1) is 30.5 Å². The Kier molecular flexibility index (Phi) is 8.48. The Morgan fingerprint density at radius 2 is 1.44 bits per heavy atom. The van der Waals surface area contributed by atoms with Crippen LogP contribution in [0.15, 0.2) is 48.7 Å². The molecule has 0 fully saturated rings. The van der Waals surface area contributed by atoms with Crippen molar-refractivity contribution in [1.82, 2.24) is 20.4 Å². The van der Waals surface area contributed by atoms with E-state index in [1.165, 1.54) is 12.1 Å². The zero-order valence-corrected chi connectivity index (χ0v) is 19.4. The highest BCUT2D eigenvalue weighted by atomic mass is 19.4. The average Bonchev–Trinajstić information content (AvgIpc) is 3.26. The number of nitrogens with two attached hydrogens (primary N) is 1. The summed E-state index contributed by atoms with van der Waals surface area (Å²) < 4.78 is 108. The normalized spacial score (nSPS) is 13.4. The van der Waals surface area contributed by atoms with Crippen LogP contribution in [-0.2, 0) is 0 Å². The van der Waals surface area contributed by atoms with Crippen molar-refractivity contribution in [3.8, 4) is 5.69 Å². The lowest BCUT2D eigenvalue weighted by Crippen LogP contribution is -2.59. The van der Waals surface area contributed by atoms with Crippen LogP contribution in [0.25, 0.3) is 5.69 Å². The Balaban J connectivity index is 1.78. The number of nitrogens with zero attached hydrogens (tertiary/aromatic N) is 2. The standard InChI is InChI=1S/C23H19F8N5O3/c24-11-4-6-12(7-5-11)36-19(32)15(8-35-36)20(37)33-9-22(39,23(29,30)31)10-34-21(38)16-13(17(25)26)2-1-3-14(16)18(27)28/h1-8,17-18,39H,9-10,32H2,(H,33,37)(H,34,38)/t22-/m1/s1. The summed E-state index contributed by atoms with van der Waals surface area (Å²) in [7, 11) is 0. The number of halogens is 8. The number of benzene rings is 2. The van der Waals surface area contributed by atoms with Gasteiger partial charge in [-0.15, -0.1) is 0 Å². The molecule has 1 atom stereocenters. The van der Waals surface area contributed by atoms with E-state index in [4.69, 9.17) is 5.73 Å². The summed E-state index contributed by atoms with van der Waals surface area (Å²) in [5.41, 5.74) is -1.77. The van der Waals surface area contributed by atoms with Crippen molar-refractivity contribution < 1.29 is 49.8 Å². The SMILES string of the molecule is Nc1c(C(=O)NC[C@@](O)(CNC(=O)c2c(C(F)F)cccc2C(F)F)C(F)(F)F)cnn1-c1ccc(F)cc1. The average molecular weight is 565 g/mol. The minimum atomic E-state index is -5.49. The summed E-state index contributed by atoms with van der Waals surface area (Å²) in [6, 6.07) is 6.78. The third-order valence-corrected chi connectivity index (χ3v) is 5.56. The molecule has 0 unspecified atom stereocenters. The minimum Gasteiger partial charge on any atom is -0.383 e. The Hall–Kier alpha value is -4.21. The first-order valence-corrected chi connectivity index (χ1v) is 10.8. The van der Waals surface area contributed by atoms with Gasteiger partial charge in [-0.25, -0.2) is 26.6 Å². The van der Waals surface area contributed by atoms with Gasteiger partial charge in [-0.3, -0.25) is 9.59 Å². The molecule has 0 bridgehead atoms. The number of rotatable bonds is 9. The molecule has 210 valence electrons. The fourth-order valence-corrected chi connectivity index (χ4v) is 3.44. The number of alkyl halides is 7. The van der Waals surface area contributed by atoms with Crippen LogP contribution in [-0.4, -0.2) is 51.6 Å². The topological polar surface area (TPSA) is 122 Å². The molecule has 2 amide bonds. The van der Waals surface area contributed by atoms with E-state index in [9.17, 15) is 49.8 Å². The number of aromatic nitrogens is 2. The van der Waals surface area contributed by atoms with Crippen molar-refractivity contribution in [2.75, 3.05) is 18.8 Å². The first-order chi connectivity index (χ1) is 18.2. The fraction of sp³-hybridized carbons (Fsp3) is 0.261. The fourth-order valence-electron chi connectivity index (χ4n) is 3.44. The van der Waals surface area contributed by atoms with Gasteiger partial charge in [0.15, 0.2) is 5.60 Å². The first-order valence-electron chi connectivity index (χ1n) is 10.8. The van der Waals surface area contributed by atoms with Gasteiger partial charge < -0.3 is 21.5 Å². The molecule has 39 heavy (non-hydrogen) atoms. The maximum Gasteiger partial charge on any atom is 0.420 e. The Labute approximate surface area is 214 Å². The summed E-state index contributed by atoms with van der Waals surface area (Å²) in [6.07, 6.45) is -11.4. The second-order valence-electron chi connectivity index (χ2n) is 8.14. The number of aliphatic hydroxyl groups is 1. The second-order valence-corrected chi connectivity index (χ2v) is 8.14. The third kappa shape index (κ3) is 6.27. The van der Waals surface area contributed by atoms with Gasteiger partial charge in [-0.05, 0) is 24.3 Å². The number of hydrogen-bond donors (Lipinski definition) is 4. The molecule has 0 aliphatic rings. The number of amides is 2. The molecule has 5 N–H and O–H groups in total. The predicted molar refractivity (Wildman–Crippen MR) is 120 cm³/mol. The molecule has 3 aromatic rings. The summed E-state index contributed by atoms with van der Waals surface area (Å²) >= 11 is 0. The highest BCUT2D eigenvalue weighted by Gasteiger charge is 2.54. The van der Waals surface area contributed by atoms with Crippen molar-refractivity contribution >= 4 is 17.6 Å². The molecule has 3 rings (SSSR count). The van der Waals surface area contributed by atoms with E-state index in [2.05, 4.69) is 5.10 Å². The molecule has 0 radical (unpaired) electrons. The van der Waals surface area contributed by atoms with Crippen LogP contribution in [0.1, 0.15) is 44.7 Å². The van der Waals surface area contributed by atoms with Crippen LogP contribution in [0.2, 0.25) is 0 Å². The number of nitrogens with one attached hydrogen (secondary N) is 2. The first kappa shape index (κ1) is 29.3. The predicted octanol–water partition coefficient (Wildman–Crippen LogP) is 3.92. The molecule has 1 aromatic heterocycles. The number of anilines is 1. The summed E-state index contributed by atoms with van der Waals surface area (Å²) in [4.78, 5) is 24.9. The summed E-state index contributed by atoms with van der Waals surface area (Å²) in [5.74, 6) is -3.87. The Morgan fingerprint density at radius 3 is 1.92 bits per heavy atom. The van der Waals surface area contributed by atoms with E-state index >= 15 is 0 Å². The lowest BCUT2D eigenvalue weighted by Gasteiger charge is -2.31. The monoisotopic (exact) mass is 565 g/mol. The Bertz CT molecular complexity index is 1320. The second kappa shape index (κ2) is 11.3. The van der Waals surface area contributed by atoms with Crippen LogP contribution in [0.5, 0.6) is 0 Å². The van der Waals surface area contributed by atoms with Crippen molar-refractivity contribution in [1.29, 1.82) is 0 Å². The minimum absolute atomic E-state index is 0.217. The molecule has 8 nitrogen and oxygen atoms in total. The van der Waals surface area contributed by atoms with Crippen LogP contribution in [0.3, 0.4) is 0 Å². The van der Waals surface area contributed by atoms with Crippen LogP contribution >= 0.6 is 0 Å². The molecule has 2 aromatic carbocycles. The Morgan fingerprint density at radius 1 is 0.923 bits per heavy atom. The van der Waals surface area contributed by atoms with E-state index in [1.54, 1.807) is 10.6 Å². The van der Waals surface area contributed by atoms with E-state index in [0.717, 1.165) is 29.1 Å². The van der Waals surface area contributed by atoms with Gasteiger partial charge in [0.25, 0.3) is 24.7 Å². The zero-order valence-electron chi connectivity index (χ0n) is 19.4. The molecular weight excluding hydrogens is 546 g/mol. The third-order valence-electron chi connectivity index (χ3n) is 5.56. The largest absolute Gasteiger partial charge is 0.420 e. The molecule has 0 saturated heterocycles. The maximum atomic E-state index is 13.7. The van der Waals surface area contributed by atoms with E-state index < -0.39 is 77.6 Å². The highest BCUT2D eigenvalue weighted by molar-refractivity contribution is 5.99. The van der Waals surface area contributed by atoms with Crippen molar-refractivity contribution in [2.24, 2.45) is 0 Å². The van der Waals surface area contributed by atoms with Gasteiger partial charge in [0, 0.05) is 11.1 Å². The molecule has 0 aliphatic carbocycles. The number of carbonyl (C=O) groups is 2. The molecule has 0 aliphatic heterocycles. The molecule has 16 heteroatoms. The van der Waals surface area contributed by atoms with Crippen molar-refractivity contribution in [3.05, 3.63) is 76.7 Å². The van der Waals surface area contributed by atoms with Crippen LogP contribution in [0.4, 0.5) is 40.9 Å². The number of carbonyl (C=O) groups excluding carboxylic acids is 2. The maximum absolute atomic E-state index is 13.7. The highest BCUT2D eigenvalue weighted by Crippen LogP contribution is 2.32. The van der Waals surface area contributed by atoms with Crippen molar-refractivity contribution in [3.63, 3.8) is 0 Å². The van der Waals surface area contributed by atoms with E-state index in [1.807, 2.05) is 0 Å². The van der Waals surface area contributed by atoms with E-state index in [-0.39, 0.29) is 11.5 Å². The number of nitrogen functional groups attached to an aromatic ring is 1. The van der Waals surface area contributed by atoms with Crippen LogP contribution < -0.4 is 16.4 Å². The van der Waals surface area contributed by atoms with Gasteiger partial charge >= 0.3 is 6.18 Å². The molecular formula is C23H19F8N5O3. The van der Waals surface area contributed by atoms with Gasteiger partial charge in [0.1, 0.15) is 17.2 Å². The molecule has 0 spiro atoms.